The van der Waals surface area contributed by atoms with E-state index in [9.17, 15) is 5.11 Å². The molecule has 0 radical (unpaired) electrons. The summed E-state index contributed by atoms with van der Waals surface area (Å²) >= 11 is 0. The predicted octanol–water partition coefficient (Wildman–Crippen LogP) is 4.09. The SMILES string of the molecule is CCN(CC)CC[C@H](O)c1ccc2c(c1)[nH]c1ccccc12. The molecule has 0 aliphatic rings. The number of aliphatic hydroxyl groups is 1. The largest absolute Gasteiger partial charge is 0.388 e. The number of para-hydroxylation sites is 1. The van der Waals surface area contributed by atoms with Gasteiger partial charge in [-0.2, -0.15) is 0 Å². The topological polar surface area (TPSA) is 39.3 Å². The number of H-pyrrole nitrogens is 1. The average Bonchev–Trinajstić information content (AvgIpc) is 2.93. The standard InChI is InChI=1S/C19H24N2O/c1-3-21(4-2)12-11-19(22)14-9-10-16-15-7-5-6-8-17(15)20-18(16)13-14/h5-10,13,19-20,22H,3-4,11-12H2,1-2H3/t19-/m0/s1. The number of nitrogens with zero attached hydrogens (tertiary/aromatic N) is 1. The van der Waals surface area contributed by atoms with E-state index < -0.39 is 6.10 Å². The molecular weight excluding hydrogens is 272 g/mol. The number of hydrogen-bond acceptors (Lipinski definition) is 2. The van der Waals surface area contributed by atoms with Crippen LogP contribution in [0.5, 0.6) is 0 Å². The van der Waals surface area contributed by atoms with E-state index >= 15 is 0 Å². The van der Waals surface area contributed by atoms with Crippen molar-refractivity contribution in [3.05, 3.63) is 48.0 Å². The summed E-state index contributed by atoms with van der Waals surface area (Å²) in [5.74, 6) is 0. The normalized spacial score (nSPS) is 13.3. The highest BCUT2D eigenvalue weighted by molar-refractivity contribution is 6.07. The molecule has 22 heavy (non-hydrogen) atoms. The molecule has 0 aliphatic heterocycles. The van der Waals surface area contributed by atoms with Crippen LogP contribution in [-0.4, -0.2) is 34.6 Å². The Morgan fingerprint density at radius 3 is 2.50 bits per heavy atom. The van der Waals surface area contributed by atoms with Crippen molar-refractivity contribution in [3.63, 3.8) is 0 Å². The number of aromatic nitrogens is 1. The van der Waals surface area contributed by atoms with Gasteiger partial charge in [-0.25, -0.2) is 0 Å². The van der Waals surface area contributed by atoms with Crippen LogP contribution in [0.4, 0.5) is 0 Å². The van der Waals surface area contributed by atoms with Gasteiger partial charge in [0.2, 0.25) is 0 Å². The van der Waals surface area contributed by atoms with E-state index in [1.807, 2.05) is 6.07 Å². The molecule has 3 rings (SSSR count). The van der Waals surface area contributed by atoms with Crippen LogP contribution in [0.1, 0.15) is 31.9 Å². The maximum atomic E-state index is 10.5. The van der Waals surface area contributed by atoms with Gasteiger partial charge in [-0.1, -0.05) is 44.2 Å². The van der Waals surface area contributed by atoms with E-state index in [2.05, 4.69) is 60.1 Å². The zero-order chi connectivity index (χ0) is 15.5. The van der Waals surface area contributed by atoms with Crippen molar-refractivity contribution in [3.8, 4) is 0 Å². The Hall–Kier alpha value is -1.84. The second-order valence-corrected chi connectivity index (χ2v) is 5.81. The Balaban J connectivity index is 1.83. The van der Waals surface area contributed by atoms with Crippen LogP contribution in [0.3, 0.4) is 0 Å². The highest BCUT2D eigenvalue weighted by atomic mass is 16.3. The van der Waals surface area contributed by atoms with E-state index in [1.54, 1.807) is 0 Å². The second kappa shape index (κ2) is 6.51. The van der Waals surface area contributed by atoms with Gasteiger partial charge < -0.3 is 15.0 Å². The van der Waals surface area contributed by atoms with Gasteiger partial charge in [-0.15, -0.1) is 0 Å². The molecule has 2 N–H and O–H groups in total. The number of aromatic amines is 1. The first-order chi connectivity index (χ1) is 10.7. The Bertz CT molecular complexity index is 758. The van der Waals surface area contributed by atoms with Crippen LogP contribution in [0, 0.1) is 0 Å². The second-order valence-electron chi connectivity index (χ2n) is 5.81. The Morgan fingerprint density at radius 1 is 1.00 bits per heavy atom. The van der Waals surface area contributed by atoms with Gasteiger partial charge in [0.25, 0.3) is 0 Å². The minimum absolute atomic E-state index is 0.406. The summed E-state index contributed by atoms with van der Waals surface area (Å²) in [5.41, 5.74) is 3.24. The lowest BCUT2D eigenvalue weighted by molar-refractivity contribution is 0.145. The molecular formula is C19H24N2O. The lowest BCUT2D eigenvalue weighted by Gasteiger charge is -2.20. The van der Waals surface area contributed by atoms with Crippen LogP contribution >= 0.6 is 0 Å². The van der Waals surface area contributed by atoms with E-state index in [0.717, 1.165) is 42.7 Å². The average molecular weight is 296 g/mol. The molecule has 1 heterocycles. The minimum atomic E-state index is -0.406. The number of aliphatic hydroxyl groups excluding tert-OH is 1. The van der Waals surface area contributed by atoms with Gasteiger partial charge in [-0.05, 0) is 37.2 Å². The molecule has 0 saturated heterocycles. The number of rotatable bonds is 6. The van der Waals surface area contributed by atoms with Crippen molar-refractivity contribution >= 4 is 21.8 Å². The van der Waals surface area contributed by atoms with Crippen LogP contribution in [0.15, 0.2) is 42.5 Å². The third kappa shape index (κ3) is 2.87. The Kier molecular flexibility index (Phi) is 4.46. The van der Waals surface area contributed by atoms with Crippen LogP contribution < -0.4 is 0 Å². The molecule has 2 aromatic carbocycles. The molecule has 3 nitrogen and oxygen atoms in total. The highest BCUT2D eigenvalue weighted by Gasteiger charge is 2.11. The summed E-state index contributed by atoms with van der Waals surface area (Å²) in [6.07, 6.45) is 0.365. The Labute approximate surface area is 131 Å². The van der Waals surface area contributed by atoms with E-state index in [-0.39, 0.29) is 0 Å². The molecule has 0 spiro atoms. The maximum absolute atomic E-state index is 10.5. The third-order valence-corrected chi connectivity index (χ3v) is 4.53. The van der Waals surface area contributed by atoms with Gasteiger partial charge in [0.1, 0.15) is 0 Å². The number of nitrogens with one attached hydrogen (secondary N) is 1. The van der Waals surface area contributed by atoms with Crippen molar-refractivity contribution < 1.29 is 5.11 Å². The molecule has 0 aliphatic carbocycles. The summed E-state index contributed by atoms with van der Waals surface area (Å²) in [4.78, 5) is 5.78. The smallest absolute Gasteiger partial charge is 0.0803 e. The van der Waals surface area contributed by atoms with Gasteiger partial charge >= 0.3 is 0 Å². The summed E-state index contributed by atoms with van der Waals surface area (Å²) in [6.45, 7) is 7.31. The molecule has 0 bridgehead atoms. The first-order valence-corrected chi connectivity index (χ1v) is 8.13. The first-order valence-electron chi connectivity index (χ1n) is 8.13. The number of fused-ring (bicyclic) bond motifs is 3. The lowest BCUT2D eigenvalue weighted by Crippen LogP contribution is -2.25. The van der Waals surface area contributed by atoms with Gasteiger partial charge in [0.05, 0.1) is 6.10 Å². The van der Waals surface area contributed by atoms with Crippen molar-refractivity contribution in [2.45, 2.75) is 26.4 Å². The maximum Gasteiger partial charge on any atom is 0.0803 e. The summed E-state index contributed by atoms with van der Waals surface area (Å²) in [7, 11) is 0. The summed E-state index contributed by atoms with van der Waals surface area (Å²) in [6, 6.07) is 14.6. The van der Waals surface area contributed by atoms with E-state index in [0.29, 0.717) is 0 Å². The molecule has 3 heteroatoms. The Morgan fingerprint density at radius 2 is 1.73 bits per heavy atom. The number of hydrogen-bond donors (Lipinski definition) is 2. The zero-order valence-electron chi connectivity index (χ0n) is 13.3. The molecule has 3 aromatic rings. The molecule has 1 atom stereocenters. The monoisotopic (exact) mass is 296 g/mol. The quantitative estimate of drug-likeness (QED) is 0.719. The molecule has 0 unspecified atom stereocenters. The molecule has 116 valence electrons. The molecule has 0 amide bonds. The van der Waals surface area contributed by atoms with Crippen molar-refractivity contribution in [2.75, 3.05) is 19.6 Å². The third-order valence-electron chi connectivity index (χ3n) is 4.53. The molecule has 1 aromatic heterocycles. The van der Waals surface area contributed by atoms with Crippen LogP contribution in [-0.2, 0) is 0 Å². The van der Waals surface area contributed by atoms with Crippen LogP contribution in [0.2, 0.25) is 0 Å². The number of benzene rings is 2. The minimum Gasteiger partial charge on any atom is -0.388 e. The summed E-state index contributed by atoms with van der Waals surface area (Å²) < 4.78 is 0. The van der Waals surface area contributed by atoms with Gasteiger partial charge in [0.15, 0.2) is 0 Å². The fraction of sp³-hybridized carbons (Fsp3) is 0.368. The van der Waals surface area contributed by atoms with Gasteiger partial charge in [0, 0.05) is 28.4 Å². The van der Waals surface area contributed by atoms with Crippen molar-refractivity contribution in [1.29, 1.82) is 0 Å². The summed E-state index contributed by atoms with van der Waals surface area (Å²) in [5, 5.41) is 12.9. The first kappa shape index (κ1) is 15.1. The van der Waals surface area contributed by atoms with Gasteiger partial charge in [-0.3, -0.25) is 0 Å². The lowest BCUT2D eigenvalue weighted by atomic mass is 10.0. The van der Waals surface area contributed by atoms with E-state index in [1.165, 1.54) is 10.8 Å². The molecule has 0 fully saturated rings. The zero-order valence-corrected chi connectivity index (χ0v) is 13.3. The van der Waals surface area contributed by atoms with E-state index in [4.69, 9.17) is 0 Å². The fourth-order valence-corrected chi connectivity index (χ4v) is 3.09. The van der Waals surface area contributed by atoms with Crippen LogP contribution in [0.25, 0.3) is 21.8 Å². The predicted molar refractivity (Wildman–Crippen MR) is 93.2 cm³/mol. The fourth-order valence-electron chi connectivity index (χ4n) is 3.09. The van der Waals surface area contributed by atoms with Crippen molar-refractivity contribution in [2.24, 2.45) is 0 Å². The molecule has 0 saturated carbocycles. The highest BCUT2D eigenvalue weighted by Crippen LogP contribution is 2.28. The van der Waals surface area contributed by atoms with Crippen molar-refractivity contribution in [1.82, 2.24) is 9.88 Å².